The number of ether oxygens (including phenoxy) is 2. The summed E-state index contributed by atoms with van der Waals surface area (Å²) >= 11 is 0. The SMILES string of the molecule is CCOC(=O)c1ccc(N2CCOCC2)c(NC(=O)c2cccnc2)c1. The van der Waals surface area contributed by atoms with Gasteiger partial charge in [0.1, 0.15) is 0 Å². The summed E-state index contributed by atoms with van der Waals surface area (Å²) in [5.74, 6) is -0.702. The second-order valence-electron chi connectivity index (χ2n) is 5.75. The van der Waals surface area contributed by atoms with Crippen LogP contribution in [0.3, 0.4) is 0 Å². The van der Waals surface area contributed by atoms with Crippen LogP contribution in [0, 0.1) is 0 Å². The molecule has 7 heteroatoms. The maximum atomic E-state index is 12.5. The van der Waals surface area contributed by atoms with Gasteiger partial charge in [-0.1, -0.05) is 0 Å². The number of morpholine rings is 1. The first-order valence-electron chi connectivity index (χ1n) is 8.54. The average Bonchev–Trinajstić information content (AvgIpc) is 2.69. The van der Waals surface area contributed by atoms with E-state index in [0.29, 0.717) is 49.7 Å². The predicted octanol–water partition coefficient (Wildman–Crippen LogP) is 2.35. The summed E-state index contributed by atoms with van der Waals surface area (Å²) in [5.41, 5.74) is 2.25. The molecule has 0 unspecified atom stereocenters. The Morgan fingerprint density at radius 3 is 2.73 bits per heavy atom. The first kappa shape index (κ1) is 17.9. The highest BCUT2D eigenvalue weighted by Gasteiger charge is 2.19. The van der Waals surface area contributed by atoms with Gasteiger partial charge >= 0.3 is 5.97 Å². The quantitative estimate of drug-likeness (QED) is 0.829. The summed E-state index contributed by atoms with van der Waals surface area (Å²) < 4.78 is 10.5. The van der Waals surface area contributed by atoms with Gasteiger partial charge in [0.15, 0.2) is 0 Å². The summed E-state index contributed by atoms with van der Waals surface area (Å²) in [7, 11) is 0. The number of carbonyl (C=O) groups is 2. The van der Waals surface area contributed by atoms with Gasteiger partial charge in [-0.05, 0) is 37.3 Å². The molecule has 3 rings (SSSR count). The Morgan fingerprint density at radius 2 is 2.04 bits per heavy atom. The van der Waals surface area contributed by atoms with Crippen molar-refractivity contribution in [3.05, 3.63) is 53.9 Å². The van der Waals surface area contributed by atoms with E-state index in [2.05, 4.69) is 15.2 Å². The van der Waals surface area contributed by atoms with E-state index in [1.807, 2.05) is 6.07 Å². The minimum absolute atomic E-state index is 0.284. The van der Waals surface area contributed by atoms with E-state index in [-0.39, 0.29) is 5.91 Å². The third-order valence-electron chi connectivity index (χ3n) is 4.03. The van der Waals surface area contributed by atoms with Gasteiger partial charge in [0, 0.05) is 25.5 Å². The first-order chi connectivity index (χ1) is 12.7. The number of amides is 1. The van der Waals surface area contributed by atoms with Crippen molar-refractivity contribution in [2.75, 3.05) is 43.1 Å². The number of nitrogens with zero attached hydrogens (tertiary/aromatic N) is 2. The number of pyridine rings is 1. The highest BCUT2D eigenvalue weighted by Crippen LogP contribution is 2.29. The lowest BCUT2D eigenvalue weighted by Gasteiger charge is -2.30. The van der Waals surface area contributed by atoms with E-state index in [9.17, 15) is 9.59 Å². The van der Waals surface area contributed by atoms with Crippen molar-refractivity contribution >= 4 is 23.3 Å². The molecule has 2 aromatic rings. The molecule has 1 fully saturated rings. The van der Waals surface area contributed by atoms with Crippen LogP contribution in [-0.4, -0.2) is 49.8 Å². The average molecular weight is 355 g/mol. The van der Waals surface area contributed by atoms with Crippen LogP contribution >= 0.6 is 0 Å². The monoisotopic (exact) mass is 355 g/mol. The molecule has 7 nitrogen and oxygen atoms in total. The zero-order valence-corrected chi connectivity index (χ0v) is 14.6. The van der Waals surface area contributed by atoms with Crippen LogP contribution in [0.4, 0.5) is 11.4 Å². The lowest BCUT2D eigenvalue weighted by atomic mass is 10.1. The number of carbonyl (C=O) groups excluding carboxylic acids is 2. The zero-order chi connectivity index (χ0) is 18.4. The number of hydrogen-bond donors (Lipinski definition) is 1. The minimum atomic E-state index is -0.419. The fraction of sp³-hybridized carbons (Fsp3) is 0.316. The van der Waals surface area contributed by atoms with Gasteiger partial charge in [-0.2, -0.15) is 0 Å². The predicted molar refractivity (Wildman–Crippen MR) is 97.6 cm³/mol. The van der Waals surface area contributed by atoms with Crippen LogP contribution in [0.25, 0.3) is 0 Å². The van der Waals surface area contributed by atoms with Crippen molar-refractivity contribution in [3.63, 3.8) is 0 Å². The number of esters is 1. The van der Waals surface area contributed by atoms with Crippen molar-refractivity contribution in [1.29, 1.82) is 0 Å². The molecule has 0 atom stereocenters. The molecule has 1 amide bonds. The summed E-state index contributed by atoms with van der Waals surface area (Å²) in [6.07, 6.45) is 3.11. The fourth-order valence-corrected chi connectivity index (χ4v) is 2.75. The molecule has 1 aromatic heterocycles. The molecule has 0 radical (unpaired) electrons. The van der Waals surface area contributed by atoms with Gasteiger partial charge in [0.05, 0.1) is 42.3 Å². The van der Waals surface area contributed by atoms with E-state index in [4.69, 9.17) is 9.47 Å². The second kappa shape index (κ2) is 8.44. The summed E-state index contributed by atoms with van der Waals surface area (Å²) in [4.78, 5) is 30.7. The fourth-order valence-electron chi connectivity index (χ4n) is 2.75. The molecule has 1 N–H and O–H groups in total. The van der Waals surface area contributed by atoms with Gasteiger partial charge in [-0.25, -0.2) is 4.79 Å². The molecule has 1 aliphatic rings. The van der Waals surface area contributed by atoms with E-state index < -0.39 is 5.97 Å². The third-order valence-corrected chi connectivity index (χ3v) is 4.03. The van der Waals surface area contributed by atoms with Gasteiger partial charge in [0.2, 0.25) is 0 Å². The van der Waals surface area contributed by atoms with E-state index >= 15 is 0 Å². The number of nitrogens with one attached hydrogen (secondary N) is 1. The van der Waals surface area contributed by atoms with Gasteiger partial charge in [-0.15, -0.1) is 0 Å². The smallest absolute Gasteiger partial charge is 0.338 e. The number of hydrogen-bond acceptors (Lipinski definition) is 6. The number of rotatable bonds is 5. The lowest BCUT2D eigenvalue weighted by Crippen LogP contribution is -2.36. The molecule has 1 aromatic carbocycles. The van der Waals surface area contributed by atoms with Crippen LogP contribution in [0.15, 0.2) is 42.7 Å². The Bertz CT molecular complexity index is 774. The normalized spacial score (nSPS) is 14.0. The molecule has 2 heterocycles. The lowest BCUT2D eigenvalue weighted by molar-refractivity contribution is 0.0526. The highest BCUT2D eigenvalue weighted by atomic mass is 16.5. The standard InChI is InChI=1S/C19H21N3O4/c1-2-26-19(24)14-5-6-17(22-8-10-25-11-9-22)16(12-14)21-18(23)15-4-3-7-20-13-15/h3-7,12-13H,2,8-11H2,1H3,(H,21,23). The van der Waals surface area contributed by atoms with Gasteiger partial charge in [-0.3, -0.25) is 9.78 Å². The molecule has 1 aliphatic heterocycles. The number of benzene rings is 1. The molecular weight excluding hydrogens is 334 g/mol. The molecule has 0 aliphatic carbocycles. The minimum Gasteiger partial charge on any atom is -0.462 e. The van der Waals surface area contributed by atoms with E-state index in [1.54, 1.807) is 37.4 Å². The largest absolute Gasteiger partial charge is 0.462 e. The van der Waals surface area contributed by atoms with Crippen molar-refractivity contribution in [1.82, 2.24) is 4.98 Å². The Morgan fingerprint density at radius 1 is 1.23 bits per heavy atom. The molecule has 136 valence electrons. The molecule has 0 saturated carbocycles. The van der Waals surface area contributed by atoms with E-state index in [0.717, 1.165) is 5.69 Å². The maximum absolute atomic E-state index is 12.5. The molecule has 1 saturated heterocycles. The molecule has 0 spiro atoms. The number of aromatic nitrogens is 1. The Labute approximate surface area is 151 Å². The van der Waals surface area contributed by atoms with Crippen molar-refractivity contribution in [2.24, 2.45) is 0 Å². The third kappa shape index (κ3) is 4.18. The van der Waals surface area contributed by atoms with E-state index in [1.165, 1.54) is 6.20 Å². The second-order valence-corrected chi connectivity index (χ2v) is 5.75. The first-order valence-corrected chi connectivity index (χ1v) is 8.54. The highest BCUT2D eigenvalue weighted by molar-refractivity contribution is 6.06. The van der Waals surface area contributed by atoms with Crippen LogP contribution in [0.5, 0.6) is 0 Å². The molecular formula is C19H21N3O4. The van der Waals surface area contributed by atoms with Crippen LogP contribution in [0.1, 0.15) is 27.6 Å². The summed E-state index contributed by atoms with van der Waals surface area (Å²) in [6, 6.07) is 8.58. The Kier molecular flexibility index (Phi) is 5.80. The Balaban J connectivity index is 1.91. The summed E-state index contributed by atoms with van der Waals surface area (Å²) in [5, 5.41) is 2.89. The van der Waals surface area contributed by atoms with Gasteiger partial charge in [0.25, 0.3) is 5.91 Å². The topological polar surface area (TPSA) is 80.8 Å². The summed E-state index contributed by atoms with van der Waals surface area (Å²) in [6.45, 7) is 4.72. The maximum Gasteiger partial charge on any atom is 0.338 e. The van der Waals surface area contributed by atoms with Crippen molar-refractivity contribution in [2.45, 2.75) is 6.92 Å². The Hall–Kier alpha value is -2.93. The van der Waals surface area contributed by atoms with Crippen molar-refractivity contribution < 1.29 is 19.1 Å². The van der Waals surface area contributed by atoms with Crippen LogP contribution in [-0.2, 0) is 9.47 Å². The molecule has 26 heavy (non-hydrogen) atoms. The van der Waals surface area contributed by atoms with Gasteiger partial charge < -0.3 is 19.7 Å². The van der Waals surface area contributed by atoms with Crippen molar-refractivity contribution in [3.8, 4) is 0 Å². The number of anilines is 2. The van der Waals surface area contributed by atoms with Crippen LogP contribution in [0.2, 0.25) is 0 Å². The zero-order valence-electron chi connectivity index (χ0n) is 14.6. The van der Waals surface area contributed by atoms with Crippen LogP contribution < -0.4 is 10.2 Å². The molecule has 0 bridgehead atoms.